The lowest BCUT2D eigenvalue weighted by Crippen LogP contribution is -2.40. The van der Waals surface area contributed by atoms with Crippen molar-refractivity contribution in [3.63, 3.8) is 0 Å². The van der Waals surface area contributed by atoms with Crippen LogP contribution in [0.1, 0.15) is 25.7 Å². The number of hydrogen-bond donors (Lipinski definition) is 1. The highest BCUT2D eigenvalue weighted by atomic mass is 32.2. The van der Waals surface area contributed by atoms with Gasteiger partial charge in [0, 0.05) is 12.3 Å². The molecule has 0 aromatic carbocycles. The van der Waals surface area contributed by atoms with Gasteiger partial charge < -0.3 is 10.1 Å². The molecule has 1 fully saturated rings. The third-order valence-electron chi connectivity index (χ3n) is 2.97. The summed E-state index contributed by atoms with van der Waals surface area (Å²) in [5.41, 5.74) is 0. The Morgan fingerprint density at radius 2 is 2.25 bits per heavy atom. The van der Waals surface area contributed by atoms with E-state index < -0.39 is 9.84 Å². The van der Waals surface area contributed by atoms with Crippen molar-refractivity contribution in [2.75, 3.05) is 19.4 Å². The lowest BCUT2D eigenvalue weighted by Gasteiger charge is -2.19. The third kappa shape index (κ3) is 4.14. The molecule has 4 nitrogen and oxygen atoms in total. The maximum Gasteiger partial charge on any atom is 0.151 e. The van der Waals surface area contributed by atoms with Gasteiger partial charge in [-0.1, -0.05) is 13.0 Å². The highest BCUT2D eigenvalue weighted by molar-refractivity contribution is 7.91. The SMILES string of the molecule is C=COCCCNC1CCCC1S(C)(=O)=O. The van der Waals surface area contributed by atoms with Gasteiger partial charge >= 0.3 is 0 Å². The van der Waals surface area contributed by atoms with Crippen LogP contribution in [0.5, 0.6) is 0 Å². The molecular weight excluding hydrogens is 226 g/mol. The summed E-state index contributed by atoms with van der Waals surface area (Å²) in [5.74, 6) is 0. The van der Waals surface area contributed by atoms with Gasteiger partial charge in [-0.25, -0.2) is 8.42 Å². The van der Waals surface area contributed by atoms with Crippen molar-refractivity contribution in [3.8, 4) is 0 Å². The molecule has 0 spiro atoms. The van der Waals surface area contributed by atoms with Crippen LogP contribution in [0.25, 0.3) is 0 Å². The first-order valence-electron chi connectivity index (χ1n) is 5.70. The molecule has 2 atom stereocenters. The van der Waals surface area contributed by atoms with Crippen LogP contribution < -0.4 is 5.32 Å². The highest BCUT2D eigenvalue weighted by Gasteiger charge is 2.33. The zero-order valence-corrected chi connectivity index (χ0v) is 10.6. The Bertz CT molecular complexity index is 313. The molecule has 1 N–H and O–H groups in total. The molecule has 0 aliphatic heterocycles. The number of nitrogens with one attached hydrogen (secondary N) is 1. The fourth-order valence-electron chi connectivity index (χ4n) is 2.20. The highest BCUT2D eigenvalue weighted by Crippen LogP contribution is 2.24. The van der Waals surface area contributed by atoms with Crippen LogP contribution in [0.4, 0.5) is 0 Å². The van der Waals surface area contributed by atoms with E-state index in [1.165, 1.54) is 12.5 Å². The molecule has 94 valence electrons. The first-order chi connectivity index (χ1) is 7.55. The van der Waals surface area contributed by atoms with Gasteiger partial charge in [0.25, 0.3) is 0 Å². The van der Waals surface area contributed by atoms with Gasteiger partial charge in [-0.15, -0.1) is 0 Å². The summed E-state index contributed by atoms with van der Waals surface area (Å²) in [5, 5.41) is 3.10. The standard InChI is InChI=1S/C11H21NO3S/c1-3-15-9-5-8-12-10-6-4-7-11(10)16(2,13)14/h3,10-12H,1,4-9H2,2H3. The van der Waals surface area contributed by atoms with E-state index in [2.05, 4.69) is 11.9 Å². The van der Waals surface area contributed by atoms with E-state index in [4.69, 9.17) is 4.74 Å². The predicted octanol–water partition coefficient (Wildman–Crippen LogP) is 1.09. The maximum absolute atomic E-state index is 11.5. The minimum atomic E-state index is -2.91. The molecule has 1 aliphatic rings. The molecule has 0 radical (unpaired) electrons. The zero-order chi connectivity index (χ0) is 12.0. The van der Waals surface area contributed by atoms with Crippen molar-refractivity contribution >= 4 is 9.84 Å². The van der Waals surface area contributed by atoms with Crippen LogP contribution in [0.3, 0.4) is 0 Å². The molecule has 5 heteroatoms. The van der Waals surface area contributed by atoms with E-state index in [0.29, 0.717) is 6.61 Å². The summed E-state index contributed by atoms with van der Waals surface area (Å²) in [6, 6.07) is 0.124. The molecule has 0 aromatic heterocycles. The van der Waals surface area contributed by atoms with Crippen molar-refractivity contribution in [2.24, 2.45) is 0 Å². The molecule has 0 bridgehead atoms. The molecule has 2 unspecified atom stereocenters. The molecule has 1 rings (SSSR count). The van der Waals surface area contributed by atoms with Gasteiger partial charge in [0.1, 0.15) is 0 Å². The quantitative estimate of drug-likeness (QED) is 0.540. The van der Waals surface area contributed by atoms with E-state index in [9.17, 15) is 8.42 Å². The molecular formula is C11H21NO3S. The number of rotatable bonds is 7. The Morgan fingerprint density at radius 3 is 2.88 bits per heavy atom. The topological polar surface area (TPSA) is 55.4 Å². The summed E-state index contributed by atoms with van der Waals surface area (Å²) in [6.45, 7) is 4.89. The van der Waals surface area contributed by atoms with Crippen LogP contribution >= 0.6 is 0 Å². The first kappa shape index (κ1) is 13.5. The second-order valence-electron chi connectivity index (χ2n) is 4.25. The second-order valence-corrected chi connectivity index (χ2v) is 6.52. The van der Waals surface area contributed by atoms with Crippen LogP contribution in [-0.4, -0.2) is 39.1 Å². The number of hydrogen-bond acceptors (Lipinski definition) is 4. The van der Waals surface area contributed by atoms with Crippen molar-refractivity contribution in [3.05, 3.63) is 12.8 Å². The number of ether oxygens (including phenoxy) is 1. The van der Waals surface area contributed by atoms with Gasteiger partial charge in [-0.05, 0) is 25.8 Å². The Labute approximate surface area is 98.0 Å². The summed E-state index contributed by atoms with van der Waals surface area (Å²) in [7, 11) is -2.91. The Kier molecular flexibility index (Phi) is 5.28. The Balaban J connectivity index is 2.28. The molecule has 1 saturated carbocycles. The first-order valence-corrected chi connectivity index (χ1v) is 7.66. The van der Waals surface area contributed by atoms with Crippen LogP contribution in [-0.2, 0) is 14.6 Å². The predicted molar refractivity (Wildman–Crippen MR) is 65.0 cm³/mol. The normalized spacial score (nSPS) is 25.6. The van der Waals surface area contributed by atoms with E-state index >= 15 is 0 Å². The van der Waals surface area contributed by atoms with Crippen molar-refractivity contribution < 1.29 is 13.2 Å². The van der Waals surface area contributed by atoms with Gasteiger partial charge in [-0.2, -0.15) is 0 Å². The Hall–Kier alpha value is -0.550. The van der Waals surface area contributed by atoms with E-state index in [1.54, 1.807) is 0 Å². The summed E-state index contributed by atoms with van der Waals surface area (Å²) in [6.07, 6.45) is 6.38. The van der Waals surface area contributed by atoms with E-state index in [0.717, 1.165) is 32.2 Å². The molecule has 0 amide bonds. The largest absolute Gasteiger partial charge is 0.502 e. The minimum Gasteiger partial charge on any atom is -0.502 e. The zero-order valence-electron chi connectivity index (χ0n) is 9.81. The smallest absolute Gasteiger partial charge is 0.151 e. The van der Waals surface area contributed by atoms with Crippen LogP contribution in [0.2, 0.25) is 0 Å². The summed E-state index contributed by atoms with van der Waals surface area (Å²) in [4.78, 5) is 0. The molecule has 16 heavy (non-hydrogen) atoms. The molecule has 0 aromatic rings. The summed E-state index contributed by atoms with van der Waals surface area (Å²) >= 11 is 0. The number of sulfone groups is 1. The Morgan fingerprint density at radius 1 is 1.50 bits per heavy atom. The van der Waals surface area contributed by atoms with Gasteiger partial charge in [0.05, 0.1) is 18.1 Å². The minimum absolute atomic E-state index is 0.124. The monoisotopic (exact) mass is 247 g/mol. The lowest BCUT2D eigenvalue weighted by molar-refractivity contribution is 0.243. The van der Waals surface area contributed by atoms with E-state index in [-0.39, 0.29) is 11.3 Å². The fraction of sp³-hybridized carbons (Fsp3) is 0.818. The molecule has 1 aliphatic carbocycles. The van der Waals surface area contributed by atoms with Crippen molar-refractivity contribution in [2.45, 2.75) is 37.0 Å². The maximum atomic E-state index is 11.5. The molecule has 0 saturated heterocycles. The van der Waals surface area contributed by atoms with Crippen LogP contribution in [0.15, 0.2) is 12.8 Å². The van der Waals surface area contributed by atoms with Crippen molar-refractivity contribution in [1.82, 2.24) is 5.32 Å². The third-order valence-corrected chi connectivity index (χ3v) is 4.63. The second kappa shape index (κ2) is 6.25. The van der Waals surface area contributed by atoms with Gasteiger partial charge in [0.15, 0.2) is 9.84 Å². The van der Waals surface area contributed by atoms with Crippen molar-refractivity contribution in [1.29, 1.82) is 0 Å². The van der Waals surface area contributed by atoms with Gasteiger partial charge in [0.2, 0.25) is 0 Å². The summed E-state index contributed by atoms with van der Waals surface area (Å²) < 4.78 is 28.0. The van der Waals surface area contributed by atoms with Crippen LogP contribution in [0, 0.1) is 0 Å². The average Bonchev–Trinajstić information content (AvgIpc) is 2.65. The van der Waals surface area contributed by atoms with Gasteiger partial charge in [-0.3, -0.25) is 0 Å². The lowest BCUT2D eigenvalue weighted by atomic mass is 10.2. The molecule has 0 heterocycles. The average molecular weight is 247 g/mol. The fourth-order valence-corrected chi connectivity index (χ4v) is 3.62. The van der Waals surface area contributed by atoms with E-state index in [1.807, 2.05) is 0 Å².